The molecule has 1 aromatic rings. The van der Waals surface area contributed by atoms with Crippen LogP contribution in [0.4, 0.5) is 5.82 Å². The van der Waals surface area contributed by atoms with Crippen molar-refractivity contribution in [3.8, 4) is 0 Å². The van der Waals surface area contributed by atoms with E-state index < -0.39 is 11.5 Å². The molecule has 0 bridgehead atoms. The van der Waals surface area contributed by atoms with Crippen molar-refractivity contribution in [3.63, 3.8) is 0 Å². The van der Waals surface area contributed by atoms with E-state index in [0.29, 0.717) is 24.6 Å². The fourth-order valence-electron chi connectivity index (χ4n) is 2.43. The van der Waals surface area contributed by atoms with Crippen molar-refractivity contribution in [2.75, 3.05) is 5.32 Å². The van der Waals surface area contributed by atoms with Crippen LogP contribution in [0, 0.1) is 12.8 Å². The van der Waals surface area contributed by atoms with Gasteiger partial charge < -0.3 is 10.4 Å². The Labute approximate surface area is 107 Å². The molecule has 4 nitrogen and oxygen atoms in total. The smallest absolute Gasteiger partial charge is 0.329 e. The number of anilines is 1. The normalized spacial score (nSPS) is 27.8. The zero-order chi connectivity index (χ0) is 13.2. The SMILES string of the molecule is Cc1ccc(NC2(C(=O)O)CCC(C)CC2)nc1. The largest absolute Gasteiger partial charge is 0.480 e. The zero-order valence-electron chi connectivity index (χ0n) is 10.9. The Hall–Kier alpha value is -1.58. The number of carboxylic acids is 1. The maximum atomic E-state index is 11.6. The fourth-order valence-corrected chi connectivity index (χ4v) is 2.43. The number of pyridine rings is 1. The summed E-state index contributed by atoms with van der Waals surface area (Å²) < 4.78 is 0. The van der Waals surface area contributed by atoms with Gasteiger partial charge in [0, 0.05) is 6.20 Å². The van der Waals surface area contributed by atoms with Gasteiger partial charge in [-0.1, -0.05) is 13.0 Å². The van der Waals surface area contributed by atoms with Gasteiger partial charge in [-0.3, -0.25) is 0 Å². The maximum Gasteiger partial charge on any atom is 0.329 e. The van der Waals surface area contributed by atoms with Crippen LogP contribution in [0.25, 0.3) is 0 Å². The maximum absolute atomic E-state index is 11.6. The average Bonchev–Trinajstić information content (AvgIpc) is 2.35. The highest BCUT2D eigenvalue weighted by Crippen LogP contribution is 2.34. The standard InChI is InChI=1S/C14H20N2O2/c1-10-5-7-14(8-6-10,13(17)18)16-12-4-3-11(2)9-15-12/h3-4,9-10H,5-8H2,1-2H3,(H,15,16)(H,17,18). The Morgan fingerprint density at radius 1 is 1.44 bits per heavy atom. The molecule has 1 aliphatic carbocycles. The summed E-state index contributed by atoms with van der Waals surface area (Å²) in [5.74, 6) is 0.500. The Morgan fingerprint density at radius 2 is 2.11 bits per heavy atom. The topological polar surface area (TPSA) is 62.2 Å². The summed E-state index contributed by atoms with van der Waals surface area (Å²) in [6.07, 6.45) is 4.98. The first-order valence-corrected chi connectivity index (χ1v) is 6.46. The molecule has 0 radical (unpaired) electrons. The number of aryl methyl sites for hydroxylation is 1. The second-order valence-electron chi connectivity index (χ2n) is 5.42. The van der Waals surface area contributed by atoms with E-state index in [1.807, 2.05) is 19.1 Å². The Kier molecular flexibility index (Phi) is 3.55. The highest BCUT2D eigenvalue weighted by atomic mass is 16.4. The Morgan fingerprint density at radius 3 is 2.61 bits per heavy atom. The van der Waals surface area contributed by atoms with Crippen LogP contribution >= 0.6 is 0 Å². The number of carboxylic acid groups (broad SMARTS) is 1. The molecule has 18 heavy (non-hydrogen) atoms. The summed E-state index contributed by atoms with van der Waals surface area (Å²) >= 11 is 0. The number of aliphatic carboxylic acids is 1. The highest BCUT2D eigenvalue weighted by molar-refractivity contribution is 5.82. The lowest BCUT2D eigenvalue weighted by Crippen LogP contribution is -2.49. The first-order chi connectivity index (χ1) is 8.52. The number of carbonyl (C=O) groups is 1. The van der Waals surface area contributed by atoms with Crippen LogP contribution in [0.2, 0.25) is 0 Å². The van der Waals surface area contributed by atoms with Crippen LogP contribution < -0.4 is 5.32 Å². The van der Waals surface area contributed by atoms with Gasteiger partial charge in [0.15, 0.2) is 0 Å². The first kappa shape index (κ1) is 12.9. The first-order valence-electron chi connectivity index (χ1n) is 6.46. The van der Waals surface area contributed by atoms with Crippen LogP contribution in [0.1, 0.15) is 38.2 Å². The molecule has 2 rings (SSSR count). The van der Waals surface area contributed by atoms with Gasteiger partial charge in [-0.15, -0.1) is 0 Å². The molecular formula is C14H20N2O2. The summed E-state index contributed by atoms with van der Waals surface area (Å²) in [5, 5.41) is 12.6. The molecule has 0 unspecified atom stereocenters. The van der Waals surface area contributed by atoms with Crippen LogP contribution in [0.5, 0.6) is 0 Å². The molecule has 1 aliphatic rings. The summed E-state index contributed by atoms with van der Waals surface area (Å²) in [4.78, 5) is 15.8. The lowest BCUT2D eigenvalue weighted by atomic mass is 9.77. The predicted molar refractivity (Wildman–Crippen MR) is 70.6 cm³/mol. The van der Waals surface area contributed by atoms with E-state index in [-0.39, 0.29) is 0 Å². The molecule has 98 valence electrons. The van der Waals surface area contributed by atoms with Crippen LogP contribution in [0.15, 0.2) is 18.3 Å². The van der Waals surface area contributed by atoms with Crippen molar-refractivity contribution in [2.45, 2.75) is 45.1 Å². The second kappa shape index (κ2) is 4.96. The molecule has 0 amide bonds. The molecule has 1 saturated carbocycles. The molecule has 4 heteroatoms. The molecule has 0 atom stereocenters. The van der Waals surface area contributed by atoms with Gasteiger partial charge in [0.1, 0.15) is 11.4 Å². The van der Waals surface area contributed by atoms with E-state index >= 15 is 0 Å². The number of nitrogens with zero attached hydrogens (tertiary/aromatic N) is 1. The number of hydrogen-bond acceptors (Lipinski definition) is 3. The molecular weight excluding hydrogens is 228 g/mol. The molecule has 0 aliphatic heterocycles. The second-order valence-corrected chi connectivity index (χ2v) is 5.42. The van der Waals surface area contributed by atoms with Gasteiger partial charge >= 0.3 is 5.97 Å². The summed E-state index contributed by atoms with van der Waals surface area (Å²) in [6.45, 7) is 4.14. The van der Waals surface area contributed by atoms with Crippen LogP contribution in [-0.4, -0.2) is 21.6 Å². The minimum atomic E-state index is -0.839. The molecule has 1 fully saturated rings. The highest BCUT2D eigenvalue weighted by Gasteiger charge is 2.41. The van der Waals surface area contributed by atoms with E-state index in [4.69, 9.17) is 0 Å². The number of aromatic nitrogens is 1. The lowest BCUT2D eigenvalue weighted by molar-refractivity contribution is -0.143. The van der Waals surface area contributed by atoms with Crippen molar-refractivity contribution < 1.29 is 9.90 Å². The molecule has 2 N–H and O–H groups in total. The van der Waals surface area contributed by atoms with Crippen molar-refractivity contribution in [3.05, 3.63) is 23.9 Å². The van der Waals surface area contributed by atoms with Gasteiger partial charge in [0.2, 0.25) is 0 Å². The summed E-state index contributed by atoms with van der Waals surface area (Å²) in [5.41, 5.74) is 0.233. The van der Waals surface area contributed by atoms with E-state index in [2.05, 4.69) is 17.2 Å². The predicted octanol–water partition coefficient (Wildman–Crippen LogP) is 2.84. The minimum absolute atomic E-state index is 0.616. The van der Waals surface area contributed by atoms with Crippen molar-refractivity contribution in [1.29, 1.82) is 0 Å². The molecule has 1 aromatic heterocycles. The number of rotatable bonds is 3. The third kappa shape index (κ3) is 2.63. The van der Waals surface area contributed by atoms with E-state index in [9.17, 15) is 9.90 Å². The summed E-state index contributed by atoms with van der Waals surface area (Å²) in [6, 6.07) is 3.79. The molecule has 0 aromatic carbocycles. The molecule has 0 saturated heterocycles. The van der Waals surface area contributed by atoms with Crippen LogP contribution in [-0.2, 0) is 4.79 Å². The Balaban J connectivity index is 2.16. The minimum Gasteiger partial charge on any atom is -0.480 e. The van der Waals surface area contributed by atoms with Crippen molar-refractivity contribution >= 4 is 11.8 Å². The van der Waals surface area contributed by atoms with Gasteiger partial charge in [-0.05, 0) is 50.2 Å². The van der Waals surface area contributed by atoms with E-state index in [1.165, 1.54) is 0 Å². The third-order valence-electron chi connectivity index (χ3n) is 3.82. The van der Waals surface area contributed by atoms with Gasteiger partial charge in [-0.25, -0.2) is 9.78 Å². The molecule has 1 heterocycles. The zero-order valence-corrected chi connectivity index (χ0v) is 10.9. The monoisotopic (exact) mass is 248 g/mol. The van der Waals surface area contributed by atoms with E-state index in [0.717, 1.165) is 18.4 Å². The summed E-state index contributed by atoms with van der Waals surface area (Å²) in [7, 11) is 0. The van der Waals surface area contributed by atoms with E-state index in [1.54, 1.807) is 6.20 Å². The van der Waals surface area contributed by atoms with Gasteiger partial charge in [-0.2, -0.15) is 0 Å². The quantitative estimate of drug-likeness (QED) is 0.863. The van der Waals surface area contributed by atoms with Crippen molar-refractivity contribution in [1.82, 2.24) is 4.98 Å². The third-order valence-corrected chi connectivity index (χ3v) is 3.82. The lowest BCUT2D eigenvalue weighted by Gasteiger charge is -2.36. The van der Waals surface area contributed by atoms with Crippen LogP contribution in [0.3, 0.4) is 0 Å². The van der Waals surface area contributed by atoms with Crippen molar-refractivity contribution in [2.24, 2.45) is 5.92 Å². The molecule has 0 spiro atoms. The van der Waals surface area contributed by atoms with Gasteiger partial charge in [0.25, 0.3) is 0 Å². The average molecular weight is 248 g/mol. The van der Waals surface area contributed by atoms with Gasteiger partial charge in [0.05, 0.1) is 0 Å². The fraction of sp³-hybridized carbons (Fsp3) is 0.571. The Bertz CT molecular complexity index is 420. The number of nitrogens with one attached hydrogen (secondary N) is 1. The number of hydrogen-bond donors (Lipinski definition) is 2.